The van der Waals surface area contributed by atoms with Gasteiger partial charge < -0.3 is 15.4 Å². The van der Waals surface area contributed by atoms with Gasteiger partial charge in [-0.25, -0.2) is 9.98 Å². The topological polar surface area (TPSA) is 58.5 Å². The number of halogens is 1. The predicted molar refractivity (Wildman–Crippen MR) is 101 cm³/mol. The number of guanidine groups is 1. The number of aromatic nitrogens is 1. The number of nitrogens with zero attached hydrogens (tertiary/aromatic N) is 2. The van der Waals surface area contributed by atoms with Crippen LogP contribution in [0.25, 0.3) is 0 Å². The van der Waals surface area contributed by atoms with E-state index in [0.29, 0.717) is 25.1 Å². The van der Waals surface area contributed by atoms with Crippen molar-refractivity contribution < 1.29 is 4.74 Å². The average Bonchev–Trinajstić information content (AvgIpc) is 3.00. The molecule has 2 rings (SSSR count). The lowest BCUT2D eigenvalue weighted by Crippen LogP contribution is -2.42. The Hall–Kier alpha value is -1.31. The fourth-order valence-corrected chi connectivity index (χ4v) is 2.22. The van der Waals surface area contributed by atoms with Crippen molar-refractivity contribution in [2.75, 3.05) is 13.2 Å². The van der Waals surface area contributed by atoms with Crippen LogP contribution >= 0.6 is 24.0 Å². The first kappa shape index (κ1) is 18.7. The fraction of sp³-hybridized carbons (Fsp3) is 0.500. The summed E-state index contributed by atoms with van der Waals surface area (Å²) in [6.07, 6.45) is 8.26. The predicted octanol–water partition coefficient (Wildman–Crippen LogP) is 2.87. The second kappa shape index (κ2) is 10.4. The van der Waals surface area contributed by atoms with Gasteiger partial charge in [0.15, 0.2) is 5.96 Å². The van der Waals surface area contributed by atoms with Crippen LogP contribution in [0.4, 0.5) is 0 Å². The summed E-state index contributed by atoms with van der Waals surface area (Å²) in [6, 6.07) is 4.36. The zero-order valence-corrected chi connectivity index (χ0v) is 15.5. The second-order valence-corrected chi connectivity index (χ2v) is 4.88. The van der Waals surface area contributed by atoms with Crippen molar-refractivity contribution in [3.05, 3.63) is 36.0 Å². The Labute approximate surface area is 149 Å². The highest BCUT2D eigenvalue weighted by Gasteiger charge is 2.11. The average molecular weight is 416 g/mol. The molecule has 0 saturated heterocycles. The largest absolute Gasteiger partial charge is 0.478 e. The van der Waals surface area contributed by atoms with Crippen LogP contribution in [0.3, 0.4) is 0 Å². The lowest BCUT2D eigenvalue weighted by atomic mass is 10.2. The maximum atomic E-state index is 5.53. The summed E-state index contributed by atoms with van der Waals surface area (Å²) < 4.78 is 5.53. The van der Waals surface area contributed by atoms with Crippen molar-refractivity contribution in [2.45, 2.75) is 39.3 Å². The van der Waals surface area contributed by atoms with Crippen LogP contribution in [-0.4, -0.2) is 30.1 Å². The summed E-state index contributed by atoms with van der Waals surface area (Å²) in [5.74, 6) is 1.51. The maximum absolute atomic E-state index is 5.53. The minimum Gasteiger partial charge on any atom is -0.478 e. The van der Waals surface area contributed by atoms with E-state index in [2.05, 4.69) is 39.7 Å². The number of ether oxygens (including phenoxy) is 1. The van der Waals surface area contributed by atoms with Gasteiger partial charge in [0.05, 0.1) is 13.2 Å². The first-order valence-corrected chi connectivity index (χ1v) is 7.60. The second-order valence-electron chi connectivity index (χ2n) is 4.88. The van der Waals surface area contributed by atoms with Crippen LogP contribution in [0.5, 0.6) is 5.88 Å². The molecule has 1 aromatic rings. The first-order chi connectivity index (χ1) is 10.3. The van der Waals surface area contributed by atoms with Gasteiger partial charge >= 0.3 is 0 Å². The Morgan fingerprint density at radius 3 is 2.82 bits per heavy atom. The number of pyridine rings is 1. The van der Waals surface area contributed by atoms with Gasteiger partial charge in [-0.3, -0.25) is 0 Å². The molecule has 122 valence electrons. The monoisotopic (exact) mass is 416 g/mol. The molecule has 22 heavy (non-hydrogen) atoms. The summed E-state index contributed by atoms with van der Waals surface area (Å²) in [6.45, 7) is 6.04. The van der Waals surface area contributed by atoms with Crippen molar-refractivity contribution in [1.82, 2.24) is 15.6 Å². The summed E-state index contributed by atoms with van der Waals surface area (Å²) in [7, 11) is 0. The summed E-state index contributed by atoms with van der Waals surface area (Å²) in [4.78, 5) is 8.89. The molecule has 0 atom stereocenters. The highest BCUT2D eigenvalue weighted by Crippen LogP contribution is 2.15. The lowest BCUT2D eigenvalue weighted by Gasteiger charge is -2.17. The molecular weight excluding hydrogens is 391 g/mol. The number of hydrogen-bond acceptors (Lipinski definition) is 3. The van der Waals surface area contributed by atoms with Gasteiger partial charge in [0.1, 0.15) is 0 Å². The Morgan fingerprint density at radius 2 is 2.14 bits per heavy atom. The standard InChI is InChI=1S/C16H24N4O.HI/c1-3-17-16(20-14-9-5-6-10-14)19-12-13-8-7-11-18-15(13)21-4-2;/h5-8,11,14H,3-4,9-10,12H2,1-2H3,(H2,17,19,20);1H. The molecular formula is C16H25IN4O. The van der Waals surface area contributed by atoms with Gasteiger partial charge in [0.2, 0.25) is 5.88 Å². The molecule has 0 radical (unpaired) electrons. The maximum Gasteiger partial charge on any atom is 0.218 e. The molecule has 0 spiro atoms. The molecule has 1 aromatic heterocycles. The van der Waals surface area contributed by atoms with Gasteiger partial charge in [0, 0.05) is 24.3 Å². The molecule has 1 aliphatic carbocycles. The van der Waals surface area contributed by atoms with Gasteiger partial charge in [-0.15, -0.1) is 24.0 Å². The molecule has 0 bridgehead atoms. The van der Waals surface area contributed by atoms with Crippen molar-refractivity contribution >= 4 is 29.9 Å². The molecule has 0 saturated carbocycles. The van der Waals surface area contributed by atoms with E-state index in [1.165, 1.54) is 0 Å². The van der Waals surface area contributed by atoms with Crippen LogP contribution in [-0.2, 0) is 6.54 Å². The van der Waals surface area contributed by atoms with Crippen molar-refractivity contribution in [1.29, 1.82) is 0 Å². The molecule has 0 aliphatic heterocycles. The number of rotatable bonds is 6. The summed E-state index contributed by atoms with van der Waals surface area (Å²) >= 11 is 0. The Morgan fingerprint density at radius 1 is 1.36 bits per heavy atom. The third-order valence-electron chi connectivity index (χ3n) is 3.23. The zero-order valence-electron chi connectivity index (χ0n) is 13.2. The van der Waals surface area contributed by atoms with Crippen LogP contribution in [0.1, 0.15) is 32.3 Å². The molecule has 6 heteroatoms. The van der Waals surface area contributed by atoms with Crippen molar-refractivity contribution in [2.24, 2.45) is 4.99 Å². The molecule has 0 unspecified atom stereocenters. The molecule has 5 nitrogen and oxygen atoms in total. The molecule has 1 aliphatic rings. The number of hydrogen-bond donors (Lipinski definition) is 2. The zero-order chi connectivity index (χ0) is 14.9. The first-order valence-electron chi connectivity index (χ1n) is 7.60. The van der Waals surface area contributed by atoms with Crippen LogP contribution in [0, 0.1) is 0 Å². The van der Waals surface area contributed by atoms with E-state index >= 15 is 0 Å². The van der Waals surface area contributed by atoms with E-state index in [1.54, 1.807) is 6.20 Å². The van der Waals surface area contributed by atoms with Gasteiger partial charge in [-0.2, -0.15) is 0 Å². The van der Waals surface area contributed by atoms with E-state index in [1.807, 2.05) is 19.1 Å². The van der Waals surface area contributed by atoms with E-state index in [-0.39, 0.29) is 24.0 Å². The Balaban J connectivity index is 0.00000242. The molecule has 0 amide bonds. The molecule has 0 aromatic carbocycles. The number of aliphatic imine (C=N–C) groups is 1. The fourth-order valence-electron chi connectivity index (χ4n) is 2.22. The highest BCUT2D eigenvalue weighted by molar-refractivity contribution is 14.0. The Bertz CT molecular complexity index is 497. The molecule has 1 heterocycles. The van der Waals surface area contributed by atoms with Crippen LogP contribution in [0.2, 0.25) is 0 Å². The number of nitrogens with one attached hydrogen (secondary N) is 2. The minimum atomic E-state index is 0. The van der Waals surface area contributed by atoms with Gasteiger partial charge in [0.25, 0.3) is 0 Å². The van der Waals surface area contributed by atoms with Gasteiger partial charge in [-0.1, -0.05) is 18.2 Å². The summed E-state index contributed by atoms with van der Waals surface area (Å²) in [5.41, 5.74) is 1.00. The van der Waals surface area contributed by atoms with Gasteiger partial charge in [-0.05, 0) is 32.8 Å². The normalized spacial score (nSPS) is 14.5. The molecule has 0 fully saturated rings. The smallest absolute Gasteiger partial charge is 0.218 e. The van der Waals surface area contributed by atoms with Crippen molar-refractivity contribution in [3.63, 3.8) is 0 Å². The third-order valence-corrected chi connectivity index (χ3v) is 3.23. The van der Waals surface area contributed by atoms with E-state index in [9.17, 15) is 0 Å². The van der Waals surface area contributed by atoms with Crippen LogP contribution in [0.15, 0.2) is 35.5 Å². The van der Waals surface area contributed by atoms with E-state index in [0.717, 1.165) is 30.9 Å². The Kier molecular flexibility index (Phi) is 8.88. The van der Waals surface area contributed by atoms with Crippen molar-refractivity contribution in [3.8, 4) is 5.88 Å². The SMILES string of the molecule is CCNC(=NCc1cccnc1OCC)NC1CC=CC1.I. The van der Waals surface area contributed by atoms with E-state index < -0.39 is 0 Å². The molecule has 2 N–H and O–H groups in total. The highest BCUT2D eigenvalue weighted by atomic mass is 127. The lowest BCUT2D eigenvalue weighted by molar-refractivity contribution is 0.323. The van der Waals surface area contributed by atoms with E-state index in [4.69, 9.17) is 4.74 Å². The minimum absolute atomic E-state index is 0. The van der Waals surface area contributed by atoms with Crippen LogP contribution < -0.4 is 15.4 Å². The summed E-state index contributed by atoms with van der Waals surface area (Å²) in [5, 5.41) is 6.73. The quantitative estimate of drug-likeness (QED) is 0.324. The third kappa shape index (κ3) is 5.82.